The van der Waals surface area contributed by atoms with Gasteiger partial charge in [0.15, 0.2) is 9.84 Å². The molecule has 0 radical (unpaired) electrons. The number of nitrogens with one attached hydrogen (secondary N) is 1. The van der Waals surface area contributed by atoms with E-state index in [9.17, 15) is 18.0 Å². The Morgan fingerprint density at radius 3 is 2.80 bits per heavy atom. The predicted octanol–water partition coefficient (Wildman–Crippen LogP) is 0.807. The Kier molecular flexibility index (Phi) is 5.10. The van der Waals surface area contributed by atoms with Gasteiger partial charge in [-0.1, -0.05) is 18.2 Å². The molecule has 8 heteroatoms. The molecule has 2 amide bonds. The zero-order valence-corrected chi connectivity index (χ0v) is 14.9. The van der Waals surface area contributed by atoms with Crippen LogP contribution in [0, 0.1) is 5.92 Å². The van der Waals surface area contributed by atoms with E-state index in [0.29, 0.717) is 18.7 Å². The van der Waals surface area contributed by atoms with Crippen LogP contribution < -0.4 is 5.32 Å². The predicted molar refractivity (Wildman–Crippen MR) is 92.7 cm³/mol. The molecule has 0 bridgehead atoms. The molecule has 25 heavy (non-hydrogen) atoms. The molecule has 7 nitrogen and oxygen atoms in total. The fraction of sp³-hybridized carbons (Fsp3) is 0.529. The summed E-state index contributed by atoms with van der Waals surface area (Å²) in [5, 5.41) is 2.87. The Labute approximate surface area is 147 Å². The standard InChI is InChI=1S/C17H22N2O5S/c1-24-10-12-4-2-3-5-15(12)18-17(21)13-8-16(20)19(9-13)14-6-7-25(22,23)11-14/h2-5,13-14H,6-11H2,1H3,(H,18,21)/t13-,14-/m0/s1. The number of hydrogen-bond donors (Lipinski definition) is 1. The van der Waals surface area contributed by atoms with E-state index >= 15 is 0 Å². The molecule has 2 atom stereocenters. The number of para-hydroxylation sites is 1. The maximum Gasteiger partial charge on any atom is 0.229 e. The van der Waals surface area contributed by atoms with Crippen molar-refractivity contribution in [2.45, 2.75) is 25.5 Å². The van der Waals surface area contributed by atoms with E-state index in [4.69, 9.17) is 4.74 Å². The number of nitrogens with zero attached hydrogens (tertiary/aromatic N) is 1. The van der Waals surface area contributed by atoms with E-state index in [1.807, 2.05) is 18.2 Å². The minimum absolute atomic E-state index is 0.00372. The van der Waals surface area contributed by atoms with Gasteiger partial charge in [-0.15, -0.1) is 0 Å². The van der Waals surface area contributed by atoms with E-state index in [1.54, 1.807) is 18.1 Å². The van der Waals surface area contributed by atoms with Crippen molar-refractivity contribution in [3.8, 4) is 0 Å². The molecular formula is C17H22N2O5S. The molecule has 2 saturated heterocycles. The molecule has 2 aliphatic heterocycles. The van der Waals surface area contributed by atoms with Crippen molar-refractivity contribution in [3.05, 3.63) is 29.8 Å². The van der Waals surface area contributed by atoms with E-state index in [0.717, 1.165) is 5.56 Å². The maximum atomic E-state index is 12.6. The Bertz CT molecular complexity index is 777. The summed E-state index contributed by atoms with van der Waals surface area (Å²) in [6.07, 6.45) is 0.577. The van der Waals surface area contributed by atoms with Gasteiger partial charge in [-0.05, 0) is 12.5 Å². The molecule has 3 rings (SSSR count). The zero-order valence-electron chi connectivity index (χ0n) is 14.1. The number of amides is 2. The number of ether oxygens (including phenoxy) is 1. The van der Waals surface area contributed by atoms with Gasteiger partial charge in [0, 0.05) is 37.4 Å². The van der Waals surface area contributed by atoms with Crippen LogP contribution in [0.1, 0.15) is 18.4 Å². The van der Waals surface area contributed by atoms with Gasteiger partial charge in [-0.3, -0.25) is 9.59 Å². The Hall–Kier alpha value is -1.93. The van der Waals surface area contributed by atoms with Crippen molar-refractivity contribution in [3.63, 3.8) is 0 Å². The maximum absolute atomic E-state index is 12.6. The van der Waals surface area contributed by atoms with Crippen LogP contribution in [-0.4, -0.2) is 56.3 Å². The summed E-state index contributed by atoms with van der Waals surface area (Å²) in [6, 6.07) is 7.06. The van der Waals surface area contributed by atoms with E-state index in [1.165, 1.54) is 0 Å². The molecule has 2 fully saturated rings. The van der Waals surface area contributed by atoms with Crippen LogP contribution in [0.5, 0.6) is 0 Å². The Morgan fingerprint density at radius 1 is 1.36 bits per heavy atom. The van der Waals surface area contributed by atoms with Crippen molar-refractivity contribution >= 4 is 27.3 Å². The number of methoxy groups -OCH3 is 1. The first kappa shape index (κ1) is 17.9. The van der Waals surface area contributed by atoms with Crippen LogP contribution in [0.2, 0.25) is 0 Å². The number of carbonyl (C=O) groups is 2. The number of sulfone groups is 1. The number of hydrogen-bond acceptors (Lipinski definition) is 5. The van der Waals surface area contributed by atoms with Gasteiger partial charge in [0.25, 0.3) is 0 Å². The Morgan fingerprint density at radius 2 is 2.12 bits per heavy atom. The highest BCUT2D eigenvalue weighted by Gasteiger charge is 2.41. The van der Waals surface area contributed by atoms with Gasteiger partial charge >= 0.3 is 0 Å². The van der Waals surface area contributed by atoms with Crippen molar-refractivity contribution in [1.82, 2.24) is 4.90 Å². The molecule has 1 aromatic carbocycles. The SMILES string of the molecule is COCc1ccccc1NC(=O)[C@H]1CC(=O)N([C@H]2CCS(=O)(=O)C2)C1. The average molecular weight is 366 g/mol. The van der Waals surface area contributed by atoms with E-state index in [2.05, 4.69) is 5.32 Å². The monoisotopic (exact) mass is 366 g/mol. The van der Waals surface area contributed by atoms with E-state index in [-0.39, 0.29) is 42.3 Å². The van der Waals surface area contributed by atoms with E-state index < -0.39 is 15.8 Å². The summed E-state index contributed by atoms with van der Waals surface area (Å²) in [7, 11) is -1.48. The van der Waals surface area contributed by atoms with Gasteiger partial charge in [0.05, 0.1) is 24.0 Å². The van der Waals surface area contributed by atoms with Crippen LogP contribution in [-0.2, 0) is 30.8 Å². The quantitative estimate of drug-likeness (QED) is 0.832. The summed E-state index contributed by atoms with van der Waals surface area (Å²) < 4.78 is 28.4. The number of carbonyl (C=O) groups excluding carboxylic acids is 2. The van der Waals surface area contributed by atoms with Crippen LogP contribution in [0.3, 0.4) is 0 Å². The van der Waals surface area contributed by atoms with Crippen molar-refractivity contribution in [2.24, 2.45) is 5.92 Å². The van der Waals surface area contributed by atoms with Crippen LogP contribution in [0.25, 0.3) is 0 Å². The van der Waals surface area contributed by atoms with Gasteiger partial charge in [0.2, 0.25) is 11.8 Å². The fourth-order valence-corrected chi connectivity index (χ4v) is 5.17. The number of likely N-dealkylation sites (tertiary alicyclic amines) is 1. The molecule has 0 unspecified atom stereocenters. The largest absolute Gasteiger partial charge is 0.380 e. The third-order valence-corrected chi connectivity index (χ3v) is 6.50. The molecule has 0 aliphatic carbocycles. The van der Waals surface area contributed by atoms with Gasteiger partial charge in [-0.2, -0.15) is 0 Å². The molecule has 0 saturated carbocycles. The first-order chi connectivity index (χ1) is 11.9. The number of benzene rings is 1. The average Bonchev–Trinajstić information content (AvgIpc) is 3.12. The van der Waals surface area contributed by atoms with Crippen molar-refractivity contribution in [1.29, 1.82) is 0 Å². The smallest absolute Gasteiger partial charge is 0.229 e. The molecule has 2 aliphatic rings. The van der Waals surface area contributed by atoms with Crippen LogP contribution in [0.4, 0.5) is 5.69 Å². The second kappa shape index (κ2) is 7.13. The van der Waals surface area contributed by atoms with Gasteiger partial charge < -0.3 is 15.0 Å². The normalized spacial score (nSPS) is 25.3. The molecule has 2 heterocycles. The number of anilines is 1. The highest BCUT2D eigenvalue weighted by atomic mass is 32.2. The summed E-state index contributed by atoms with van der Waals surface area (Å²) in [6.45, 7) is 0.656. The first-order valence-electron chi connectivity index (χ1n) is 8.27. The Balaban J connectivity index is 1.65. The molecule has 1 aromatic rings. The zero-order chi connectivity index (χ0) is 18.0. The molecule has 136 valence electrons. The first-order valence-corrected chi connectivity index (χ1v) is 10.1. The highest BCUT2D eigenvalue weighted by Crippen LogP contribution is 2.27. The van der Waals surface area contributed by atoms with Crippen molar-refractivity contribution in [2.75, 3.05) is 30.5 Å². The lowest BCUT2D eigenvalue weighted by Crippen LogP contribution is -2.38. The second-order valence-corrected chi connectivity index (χ2v) is 8.81. The third-order valence-electron chi connectivity index (χ3n) is 4.75. The number of rotatable bonds is 5. The van der Waals surface area contributed by atoms with Gasteiger partial charge in [-0.25, -0.2) is 8.42 Å². The molecule has 0 spiro atoms. The lowest BCUT2D eigenvalue weighted by Gasteiger charge is -2.23. The molecule has 1 N–H and O–H groups in total. The van der Waals surface area contributed by atoms with Crippen LogP contribution in [0.15, 0.2) is 24.3 Å². The lowest BCUT2D eigenvalue weighted by atomic mass is 10.1. The summed E-state index contributed by atoms with van der Waals surface area (Å²) in [5.74, 6) is -0.717. The van der Waals surface area contributed by atoms with Crippen molar-refractivity contribution < 1.29 is 22.7 Å². The lowest BCUT2D eigenvalue weighted by molar-refractivity contribution is -0.129. The summed E-state index contributed by atoms with van der Waals surface area (Å²) in [5.41, 5.74) is 1.53. The fourth-order valence-electron chi connectivity index (χ4n) is 3.44. The molecule has 0 aromatic heterocycles. The second-order valence-electron chi connectivity index (χ2n) is 6.58. The topological polar surface area (TPSA) is 92.8 Å². The minimum atomic E-state index is -3.06. The highest BCUT2D eigenvalue weighted by molar-refractivity contribution is 7.91. The summed E-state index contributed by atoms with van der Waals surface area (Å²) >= 11 is 0. The third kappa shape index (κ3) is 4.01. The summed E-state index contributed by atoms with van der Waals surface area (Å²) in [4.78, 5) is 26.4. The van der Waals surface area contributed by atoms with Crippen LogP contribution >= 0.6 is 0 Å². The minimum Gasteiger partial charge on any atom is -0.380 e. The van der Waals surface area contributed by atoms with Gasteiger partial charge in [0.1, 0.15) is 0 Å². The molecular weight excluding hydrogens is 344 g/mol.